The second-order valence-corrected chi connectivity index (χ2v) is 5.13. The van der Waals surface area contributed by atoms with Crippen molar-refractivity contribution in [3.05, 3.63) is 28.2 Å². The van der Waals surface area contributed by atoms with Crippen molar-refractivity contribution in [1.29, 1.82) is 0 Å². The Balaban J connectivity index is 3.01. The van der Waals surface area contributed by atoms with Crippen molar-refractivity contribution in [3.63, 3.8) is 0 Å². The van der Waals surface area contributed by atoms with Gasteiger partial charge in [0.05, 0.1) is 12.0 Å². The fourth-order valence-corrected chi connectivity index (χ4v) is 2.30. The number of carboxylic acids is 1. The minimum Gasteiger partial charge on any atom is -0.481 e. The second kappa shape index (κ2) is 6.56. The molecule has 104 valence electrons. The van der Waals surface area contributed by atoms with Crippen molar-refractivity contribution in [3.8, 4) is 0 Å². The Labute approximate surface area is 120 Å². The summed E-state index contributed by atoms with van der Waals surface area (Å²) >= 11 is 3.31. The lowest BCUT2D eigenvalue weighted by atomic mass is 10.1. The highest BCUT2D eigenvalue weighted by atomic mass is 79.9. The number of carboxylic acid groups (broad SMARTS) is 1. The lowest BCUT2D eigenvalue weighted by Crippen LogP contribution is -2.39. The fraction of sp³-hybridized carbons (Fsp3) is 0.385. The Kier molecular flexibility index (Phi) is 5.35. The van der Waals surface area contributed by atoms with Crippen LogP contribution in [0.5, 0.6) is 0 Å². The van der Waals surface area contributed by atoms with E-state index in [1.165, 1.54) is 4.90 Å². The van der Waals surface area contributed by atoms with Gasteiger partial charge in [0.1, 0.15) is 0 Å². The first-order chi connectivity index (χ1) is 8.86. The van der Waals surface area contributed by atoms with Gasteiger partial charge in [-0.05, 0) is 48.0 Å². The van der Waals surface area contributed by atoms with E-state index in [0.29, 0.717) is 22.3 Å². The number of nitrogens with two attached hydrogens (primary N) is 1. The van der Waals surface area contributed by atoms with Gasteiger partial charge in [0.25, 0.3) is 5.91 Å². The number of benzene rings is 1. The molecular formula is C13H17BrN2O3. The first kappa shape index (κ1) is 15.5. The average Bonchev–Trinajstić information content (AvgIpc) is 2.32. The summed E-state index contributed by atoms with van der Waals surface area (Å²) in [6, 6.07) is 4.61. The van der Waals surface area contributed by atoms with Crippen molar-refractivity contribution in [1.82, 2.24) is 4.90 Å². The topological polar surface area (TPSA) is 83.6 Å². The van der Waals surface area contributed by atoms with E-state index in [4.69, 9.17) is 10.8 Å². The Morgan fingerprint density at radius 1 is 1.47 bits per heavy atom. The van der Waals surface area contributed by atoms with Crippen molar-refractivity contribution < 1.29 is 14.7 Å². The zero-order valence-electron chi connectivity index (χ0n) is 10.9. The Bertz CT molecular complexity index is 491. The molecule has 0 saturated carbocycles. The third-order valence-electron chi connectivity index (χ3n) is 2.82. The Morgan fingerprint density at radius 2 is 2.11 bits per heavy atom. The predicted molar refractivity (Wildman–Crippen MR) is 77.0 cm³/mol. The van der Waals surface area contributed by atoms with Crippen molar-refractivity contribution in [2.75, 3.05) is 12.3 Å². The summed E-state index contributed by atoms with van der Waals surface area (Å²) in [5, 5.41) is 8.81. The maximum Gasteiger partial charge on any atom is 0.305 e. The monoisotopic (exact) mass is 328 g/mol. The van der Waals surface area contributed by atoms with Crippen LogP contribution in [0.3, 0.4) is 0 Å². The van der Waals surface area contributed by atoms with Gasteiger partial charge in [-0.15, -0.1) is 0 Å². The van der Waals surface area contributed by atoms with Crippen molar-refractivity contribution in [2.24, 2.45) is 0 Å². The summed E-state index contributed by atoms with van der Waals surface area (Å²) in [6.45, 7) is 3.97. The van der Waals surface area contributed by atoms with Crippen LogP contribution in [0.15, 0.2) is 22.7 Å². The second-order valence-electron chi connectivity index (χ2n) is 4.28. The lowest BCUT2D eigenvalue weighted by molar-refractivity contribution is -0.138. The average molecular weight is 329 g/mol. The number of hydrogen-bond donors (Lipinski definition) is 2. The number of carbonyl (C=O) groups is 2. The Hall–Kier alpha value is -1.56. The minimum atomic E-state index is -0.926. The molecule has 6 heteroatoms. The molecule has 0 spiro atoms. The van der Waals surface area contributed by atoms with Crippen molar-refractivity contribution in [2.45, 2.75) is 26.3 Å². The number of rotatable bonds is 5. The fourth-order valence-electron chi connectivity index (χ4n) is 1.88. The van der Waals surface area contributed by atoms with Crippen LogP contribution in [-0.4, -0.2) is 34.5 Å². The molecule has 0 bridgehead atoms. The lowest BCUT2D eigenvalue weighted by Gasteiger charge is -2.27. The number of aliphatic carboxylic acids is 1. The maximum absolute atomic E-state index is 12.4. The number of nitrogen functional groups attached to an aromatic ring is 1. The molecule has 19 heavy (non-hydrogen) atoms. The van der Waals surface area contributed by atoms with E-state index in [2.05, 4.69) is 15.9 Å². The number of carbonyl (C=O) groups excluding carboxylic acids is 1. The summed E-state index contributed by atoms with van der Waals surface area (Å²) in [5.74, 6) is -1.15. The van der Waals surface area contributed by atoms with Gasteiger partial charge in [0, 0.05) is 22.7 Å². The van der Waals surface area contributed by atoms with Gasteiger partial charge < -0.3 is 15.7 Å². The van der Waals surface area contributed by atoms with Gasteiger partial charge in [0.2, 0.25) is 0 Å². The first-order valence-corrected chi connectivity index (χ1v) is 6.73. The summed E-state index contributed by atoms with van der Waals surface area (Å²) < 4.78 is 0.646. The first-order valence-electron chi connectivity index (χ1n) is 5.94. The predicted octanol–water partition coefficient (Wildman–Crippen LogP) is 2.36. The molecule has 1 aromatic rings. The zero-order chi connectivity index (χ0) is 14.6. The molecule has 0 aromatic heterocycles. The molecule has 0 heterocycles. The van der Waals surface area contributed by atoms with Crippen LogP contribution in [-0.2, 0) is 4.79 Å². The molecule has 3 N–H and O–H groups in total. The van der Waals surface area contributed by atoms with Crippen molar-refractivity contribution >= 4 is 33.5 Å². The van der Waals surface area contributed by atoms with Gasteiger partial charge in [-0.1, -0.05) is 0 Å². The zero-order valence-corrected chi connectivity index (χ0v) is 12.5. The number of nitrogens with zero attached hydrogens (tertiary/aromatic N) is 1. The molecule has 0 radical (unpaired) electrons. The van der Waals surface area contributed by atoms with Crippen LogP contribution in [0.25, 0.3) is 0 Å². The highest BCUT2D eigenvalue weighted by Gasteiger charge is 2.23. The quantitative estimate of drug-likeness (QED) is 0.812. The van der Waals surface area contributed by atoms with E-state index in [1.807, 2.05) is 6.92 Å². The number of hydrogen-bond acceptors (Lipinski definition) is 3. The van der Waals surface area contributed by atoms with Crippen LogP contribution >= 0.6 is 15.9 Å². The third-order valence-corrected chi connectivity index (χ3v) is 3.52. The number of amides is 1. The smallest absolute Gasteiger partial charge is 0.305 e. The highest BCUT2D eigenvalue weighted by Crippen LogP contribution is 2.22. The molecule has 1 unspecified atom stereocenters. The minimum absolute atomic E-state index is 0.0838. The highest BCUT2D eigenvalue weighted by molar-refractivity contribution is 9.10. The van der Waals surface area contributed by atoms with Crippen LogP contribution < -0.4 is 5.73 Å². The molecule has 0 aliphatic heterocycles. The number of halogens is 1. The van der Waals surface area contributed by atoms with Gasteiger partial charge in [-0.25, -0.2) is 0 Å². The molecule has 0 saturated heterocycles. The van der Waals surface area contributed by atoms with E-state index in [0.717, 1.165) is 0 Å². The summed E-state index contributed by atoms with van der Waals surface area (Å²) in [4.78, 5) is 24.7. The molecule has 1 amide bonds. The standard InChI is InChI=1S/C13H17BrN2O3/c1-3-16(8(2)6-12(17)18)13(19)10-7-9(15)4-5-11(10)14/h4-5,7-8H,3,6,15H2,1-2H3,(H,17,18). The molecule has 5 nitrogen and oxygen atoms in total. The van der Waals surface area contributed by atoms with E-state index < -0.39 is 5.97 Å². The van der Waals surface area contributed by atoms with Crippen LogP contribution in [0.1, 0.15) is 30.6 Å². The molecule has 1 rings (SSSR count). The van der Waals surface area contributed by atoms with Crippen LogP contribution in [0.2, 0.25) is 0 Å². The Morgan fingerprint density at radius 3 is 2.63 bits per heavy atom. The summed E-state index contributed by atoms with van der Waals surface area (Å²) in [5.41, 5.74) is 6.62. The molecule has 1 aromatic carbocycles. The number of anilines is 1. The normalized spacial score (nSPS) is 11.9. The van der Waals surface area contributed by atoms with E-state index in [9.17, 15) is 9.59 Å². The summed E-state index contributed by atoms with van der Waals surface area (Å²) in [7, 11) is 0. The third kappa shape index (κ3) is 3.96. The van der Waals surface area contributed by atoms with E-state index >= 15 is 0 Å². The van der Waals surface area contributed by atoms with Crippen LogP contribution in [0, 0.1) is 0 Å². The summed E-state index contributed by atoms with van der Waals surface area (Å²) in [6.07, 6.45) is -0.0838. The largest absolute Gasteiger partial charge is 0.481 e. The van der Waals surface area contributed by atoms with Gasteiger partial charge in [-0.2, -0.15) is 0 Å². The van der Waals surface area contributed by atoms with E-state index in [1.54, 1.807) is 25.1 Å². The van der Waals surface area contributed by atoms with Gasteiger partial charge in [0.15, 0.2) is 0 Å². The molecular weight excluding hydrogens is 312 g/mol. The van der Waals surface area contributed by atoms with E-state index in [-0.39, 0.29) is 18.4 Å². The maximum atomic E-state index is 12.4. The SMILES string of the molecule is CCN(C(=O)c1cc(N)ccc1Br)C(C)CC(=O)O. The molecule has 1 atom stereocenters. The van der Waals surface area contributed by atoms with Gasteiger partial charge >= 0.3 is 5.97 Å². The van der Waals surface area contributed by atoms with Gasteiger partial charge in [-0.3, -0.25) is 9.59 Å². The molecule has 0 fully saturated rings. The molecule has 0 aliphatic carbocycles. The van der Waals surface area contributed by atoms with Crippen LogP contribution in [0.4, 0.5) is 5.69 Å². The molecule has 0 aliphatic rings.